The molecule has 0 aliphatic rings. The highest BCUT2D eigenvalue weighted by atomic mass is 35.5. The molecule has 10 heteroatoms. The van der Waals surface area contributed by atoms with Crippen molar-refractivity contribution in [2.24, 2.45) is 0 Å². The van der Waals surface area contributed by atoms with Crippen LogP contribution in [0.15, 0.2) is 42.5 Å². The number of esters is 1. The second kappa shape index (κ2) is 7.75. The molecule has 2 aromatic carbocycles. The first-order valence-electron chi connectivity index (χ1n) is 7.25. The highest BCUT2D eigenvalue weighted by Gasteiger charge is 2.62. The summed E-state index contributed by atoms with van der Waals surface area (Å²) in [6.07, 6.45) is -5.30. The summed E-state index contributed by atoms with van der Waals surface area (Å²) in [6.45, 7) is 0. The molecule has 1 amide bonds. The average Bonchev–Trinajstić information content (AvgIpc) is 2.62. The molecule has 0 bridgehead atoms. The van der Waals surface area contributed by atoms with Gasteiger partial charge in [-0.2, -0.15) is 13.2 Å². The van der Waals surface area contributed by atoms with E-state index in [-0.39, 0.29) is 21.3 Å². The standard InChI is InChI=1S/C17H12Cl2F3NO4/c1-27-15(25)16(26,17(20,21)22)10-3-5-11(6-4-10)23-14(24)9-2-7-12(18)13(19)8-9/h2-8,26H,1H3,(H,23,24)/t16-/m1/s1. The number of carbonyl (C=O) groups is 2. The monoisotopic (exact) mass is 421 g/mol. The van der Waals surface area contributed by atoms with Gasteiger partial charge < -0.3 is 15.2 Å². The number of benzene rings is 2. The number of hydrogen-bond donors (Lipinski definition) is 2. The van der Waals surface area contributed by atoms with E-state index >= 15 is 0 Å². The van der Waals surface area contributed by atoms with E-state index in [1.807, 2.05) is 0 Å². The fraction of sp³-hybridized carbons (Fsp3) is 0.176. The van der Waals surface area contributed by atoms with E-state index in [9.17, 15) is 27.9 Å². The van der Waals surface area contributed by atoms with Crippen molar-refractivity contribution in [1.82, 2.24) is 0 Å². The smallest absolute Gasteiger partial charge is 0.432 e. The van der Waals surface area contributed by atoms with Crippen molar-refractivity contribution in [2.45, 2.75) is 11.8 Å². The van der Waals surface area contributed by atoms with E-state index < -0.39 is 29.2 Å². The zero-order valence-electron chi connectivity index (χ0n) is 13.6. The van der Waals surface area contributed by atoms with E-state index in [4.69, 9.17) is 23.2 Å². The van der Waals surface area contributed by atoms with Crippen LogP contribution in [0, 0.1) is 0 Å². The summed E-state index contributed by atoms with van der Waals surface area (Å²) in [5.41, 5.74) is -4.28. The second-order valence-corrected chi connectivity index (χ2v) is 6.17. The Bertz CT molecular complexity index is 871. The Labute approximate surface area is 161 Å². The number of ether oxygens (including phenoxy) is 1. The minimum absolute atomic E-state index is 0.129. The molecule has 2 aromatic rings. The van der Waals surface area contributed by atoms with Gasteiger partial charge >= 0.3 is 12.1 Å². The molecule has 2 N–H and O–H groups in total. The topological polar surface area (TPSA) is 75.6 Å². The summed E-state index contributed by atoms with van der Waals surface area (Å²) in [4.78, 5) is 23.7. The Hall–Kier alpha value is -2.29. The van der Waals surface area contributed by atoms with E-state index in [2.05, 4.69) is 10.1 Å². The van der Waals surface area contributed by atoms with Gasteiger partial charge in [-0.1, -0.05) is 35.3 Å². The summed E-state index contributed by atoms with van der Waals surface area (Å²) in [6, 6.07) is 8.07. The van der Waals surface area contributed by atoms with Crippen LogP contribution in [-0.4, -0.2) is 30.3 Å². The lowest BCUT2D eigenvalue weighted by atomic mass is 9.93. The van der Waals surface area contributed by atoms with Crippen LogP contribution < -0.4 is 5.32 Å². The zero-order chi connectivity index (χ0) is 20.4. The summed E-state index contributed by atoms with van der Waals surface area (Å²) in [7, 11) is 0.727. The van der Waals surface area contributed by atoms with E-state index in [1.165, 1.54) is 18.2 Å². The van der Waals surface area contributed by atoms with Crippen molar-refractivity contribution < 1.29 is 32.6 Å². The predicted octanol–water partition coefficient (Wildman–Crippen LogP) is 4.17. The molecular weight excluding hydrogens is 410 g/mol. The van der Waals surface area contributed by atoms with Gasteiger partial charge in [0.15, 0.2) is 0 Å². The van der Waals surface area contributed by atoms with Crippen LogP contribution in [0.3, 0.4) is 0 Å². The molecule has 0 aliphatic carbocycles. The van der Waals surface area contributed by atoms with Crippen molar-refractivity contribution in [3.63, 3.8) is 0 Å². The first-order chi connectivity index (χ1) is 12.5. The number of alkyl halides is 3. The maximum Gasteiger partial charge on any atom is 0.432 e. The number of amides is 1. The lowest BCUT2D eigenvalue weighted by Crippen LogP contribution is -2.49. The number of nitrogens with one attached hydrogen (secondary N) is 1. The Morgan fingerprint density at radius 2 is 1.63 bits per heavy atom. The largest absolute Gasteiger partial charge is 0.466 e. The number of rotatable bonds is 4. The molecule has 0 radical (unpaired) electrons. The van der Waals surface area contributed by atoms with Crippen molar-refractivity contribution in [3.05, 3.63) is 63.6 Å². The van der Waals surface area contributed by atoms with Crippen molar-refractivity contribution in [2.75, 3.05) is 12.4 Å². The SMILES string of the molecule is COC(=O)[C@](O)(c1ccc(NC(=O)c2ccc(Cl)c(Cl)c2)cc1)C(F)(F)F. The molecule has 0 unspecified atom stereocenters. The van der Waals surface area contributed by atoms with E-state index in [0.717, 1.165) is 31.4 Å². The minimum atomic E-state index is -5.30. The molecule has 0 fully saturated rings. The third-order valence-electron chi connectivity index (χ3n) is 3.63. The number of aliphatic hydroxyl groups is 1. The summed E-state index contributed by atoms with van der Waals surface area (Å²) >= 11 is 11.6. The molecule has 0 aromatic heterocycles. The Morgan fingerprint density at radius 3 is 2.11 bits per heavy atom. The van der Waals surface area contributed by atoms with E-state index in [0.29, 0.717) is 0 Å². The summed E-state index contributed by atoms with van der Waals surface area (Å²) in [5.74, 6) is -2.46. The normalized spacial score (nSPS) is 13.6. The van der Waals surface area contributed by atoms with Gasteiger partial charge in [0, 0.05) is 16.8 Å². The first kappa shape index (κ1) is 21.0. The lowest BCUT2D eigenvalue weighted by Gasteiger charge is -2.28. The van der Waals surface area contributed by atoms with Gasteiger partial charge in [0.25, 0.3) is 11.5 Å². The van der Waals surface area contributed by atoms with Gasteiger partial charge in [0.05, 0.1) is 17.2 Å². The van der Waals surface area contributed by atoms with Crippen LogP contribution in [0.4, 0.5) is 18.9 Å². The maximum atomic E-state index is 13.2. The lowest BCUT2D eigenvalue weighted by molar-refractivity contribution is -0.266. The average molecular weight is 422 g/mol. The molecule has 1 atom stereocenters. The predicted molar refractivity (Wildman–Crippen MR) is 92.8 cm³/mol. The molecular formula is C17H12Cl2F3NO4. The van der Waals surface area contributed by atoms with Crippen LogP contribution in [0.2, 0.25) is 10.0 Å². The maximum absolute atomic E-state index is 13.2. The number of methoxy groups -OCH3 is 1. The van der Waals surface area contributed by atoms with Gasteiger partial charge in [-0.3, -0.25) is 4.79 Å². The van der Waals surface area contributed by atoms with Gasteiger partial charge in [0.1, 0.15) is 0 Å². The van der Waals surface area contributed by atoms with Gasteiger partial charge in [-0.15, -0.1) is 0 Å². The van der Waals surface area contributed by atoms with Crippen molar-refractivity contribution >= 4 is 40.8 Å². The first-order valence-corrected chi connectivity index (χ1v) is 8.00. The van der Waals surface area contributed by atoms with Crippen LogP contribution in [0.5, 0.6) is 0 Å². The fourth-order valence-electron chi connectivity index (χ4n) is 2.18. The summed E-state index contributed by atoms with van der Waals surface area (Å²) in [5, 5.41) is 12.7. The van der Waals surface area contributed by atoms with Crippen LogP contribution in [0.25, 0.3) is 0 Å². The molecule has 5 nitrogen and oxygen atoms in total. The third-order valence-corrected chi connectivity index (χ3v) is 4.37. The molecule has 2 rings (SSSR count). The van der Waals surface area contributed by atoms with Crippen LogP contribution in [-0.2, 0) is 15.1 Å². The number of carbonyl (C=O) groups excluding carboxylic acids is 2. The third kappa shape index (κ3) is 4.18. The quantitative estimate of drug-likeness (QED) is 0.726. The molecule has 0 saturated carbocycles. The van der Waals surface area contributed by atoms with Crippen molar-refractivity contribution in [1.29, 1.82) is 0 Å². The number of halogens is 5. The highest BCUT2D eigenvalue weighted by Crippen LogP contribution is 2.40. The Balaban J connectivity index is 2.27. The minimum Gasteiger partial charge on any atom is -0.466 e. The van der Waals surface area contributed by atoms with Gasteiger partial charge in [0.2, 0.25) is 0 Å². The van der Waals surface area contributed by atoms with Gasteiger partial charge in [-0.05, 0) is 30.3 Å². The molecule has 0 aliphatic heterocycles. The highest BCUT2D eigenvalue weighted by molar-refractivity contribution is 6.42. The van der Waals surface area contributed by atoms with Crippen LogP contribution >= 0.6 is 23.2 Å². The van der Waals surface area contributed by atoms with Crippen LogP contribution in [0.1, 0.15) is 15.9 Å². The second-order valence-electron chi connectivity index (χ2n) is 5.36. The molecule has 0 heterocycles. The molecule has 0 saturated heterocycles. The molecule has 0 spiro atoms. The molecule has 144 valence electrons. The molecule has 27 heavy (non-hydrogen) atoms. The Morgan fingerprint density at radius 1 is 1.04 bits per heavy atom. The fourth-order valence-corrected chi connectivity index (χ4v) is 2.48. The Kier molecular flexibility index (Phi) is 6.04. The van der Waals surface area contributed by atoms with E-state index in [1.54, 1.807) is 0 Å². The van der Waals surface area contributed by atoms with Gasteiger partial charge in [-0.25, -0.2) is 4.79 Å². The summed E-state index contributed by atoms with van der Waals surface area (Å²) < 4.78 is 43.6. The number of anilines is 1. The number of hydrogen-bond acceptors (Lipinski definition) is 4. The van der Waals surface area contributed by atoms with Crippen molar-refractivity contribution in [3.8, 4) is 0 Å². The zero-order valence-corrected chi connectivity index (χ0v) is 15.1.